The van der Waals surface area contributed by atoms with E-state index in [0.717, 1.165) is 38.9 Å². The zero-order valence-electron chi connectivity index (χ0n) is 26.5. The molecule has 0 atom stereocenters. The van der Waals surface area contributed by atoms with E-state index in [2.05, 4.69) is 141 Å². The Kier molecular flexibility index (Phi) is 8.31. The van der Waals surface area contributed by atoms with Gasteiger partial charge in [0, 0.05) is 32.8 Å². The second-order valence-corrected chi connectivity index (χ2v) is 11.0. The summed E-state index contributed by atoms with van der Waals surface area (Å²) < 4.78 is 2.42. The number of allylic oxidation sites excluding steroid dienone is 7. The van der Waals surface area contributed by atoms with Crippen molar-refractivity contribution in [1.82, 2.24) is 9.55 Å². The molecule has 2 heterocycles. The lowest BCUT2D eigenvalue weighted by molar-refractivity contribution is 1.21. The van der Waals surface area contributed by atoms with Crippen LogP contribution in [0.4, 0.5) is 0 Å². The highest BCUT2D eigenvalue weighted by Gasteiger charge is 2.19. The Balaban J connectivity index is 0.00000175. The summed E-state index contributed by atoms with van der Waals surface area (Å²) in [5, 5.41) is 8.69. The van der Waals surface area contributed by atoms with E-state index in [9.17, 15) is 0 Å². The molecular weight excluding hydrogens is 544 g/mol. The maximum Gasteiger partial charge on any atom is 0.0744 e. The number of hydrogen-bond donors (Lipinski definition) is 0. The molecule has 0 amide bonds. The van der Waals surface area contributed by atoms with Crippen LogP contribution in [0, 0.1) is 6.92 Å². The highest BCUT2D eigenvalue weighted by Crippen LogP contribution is 2.43. The van der Waals surface area contributed by atoms with Crippen molar-refractivity contribution in [2.45, 2.75) is 27.7 Å². The Labute approximate surface area is 265 Å². The summed E-state index contributed by atoms with van der Waals surface area (Å²) in [6.07, 6.45) is 13.9. The second-order valence-electron chi connectivity index (χ2n) is 11.0. The van der Waals surface area contributed by atoms with Crippen LogP contribution in [0.15, 0.2) is 141 Å². The van der Waals surface area contributed by atoms with Crippen LogP contribution in [0.2, 0.25) is 0 Å². The molecule has 0 radical (unpaired) electrons. The third kappa shape index (κ3) is 5.09. The maximum atomic E-state index is 5.20. The lowest BCUT2D eigenvalue weighted by Crippen LogP contribution is -1.95. The fraction of sp³-hybridized carbons (Fsp3) is 0.0930. The Hall–Kier alpha value is -5.47. The number of pyridine rings is 1. The van der Waals surface area contributed by atoms with E-state index < -0.39 is 0 Å². The van der Waals surface area contributed by atoms with E-state index in [-0.39, 0.29) is 0 Å². The molecule has 0 fully saturated rings. The van der Waals surface area contributed by atoms with Gasteiger partial charge in [0.05, 0.1) is 22.2 Å². The van der Waals surface area contributed by atoms with Crippen LogP contribution in [-0.2, 0) is 0 Å². The third-order valence-corrected chi connectivity index (χ3v) is 8.44. The Morgan fingerprint density at radius 3 is 2.11 bits per heavy atom. The molecule has 45 heavy (non-hydrogen) atoms. The SMILES string of the molecule is C=C/C=C\C=C(/C)n1c2cc(-c3ccc4ccc(/C=C\C=C)c(C)c4n3)ccc2c2c3ccccc3c3ccccc3c21.CC. The predicted octanol–water partition coefficient (Wildman–Crippen LogP) is 12.5. The fourth-order valence-corrected chi connectivity index (χ4v) is 6.41. The Morgan fingerprint density at radius 1 is 0.711 bits per heavy atom. The van der Waals surface area contributed by atoms with Gasteiger partial charge in [-0.25, -0.2) is 4.98 Å². The summed E-state index contributed by atoms with van der Waals surface area (Å²) in [5.41, 5.74) is 8.91. The first kappa shape index (κ1) is 29.6. The molecule has 0 N–H and O–H groups in total. The number of aromatic nitrogens is 2. The summed E-state index contributed by atoms with van der Waals surface area (Å²) in [5.74, 6) is 0. The molecule has 0 aliphatic carbocycles. The van der Waals surface area contributed by atoms with E-state index in [1.54, 1.807) is 6.08 Å². The molecule has 5 aromatic carbocycles. The average molecular weight is 583 g/mol. The predicted molar refractivity (Wildman–Crippen MR) is 200 cm³/mol. The molecule has 0 saturated heterocycles. The minimum Gasteiger partial charge on any atom is -0.313 e. The van der Waals surface area contributed by atoms with E-state index in [0.29, 0.717) is 0 Å². The molecule has 2 aromatic heterocycles. The summed E-state index contributed by atoms with van der Waals surface area (Å²) >= 11 is 0. The summed E-state index contributed by atoms with van der Waals surface area (Å²) in [4.78, 5) is 5.20. The van der Waals surface area contributed by atoms with E-state index in [1.165, 1.54) is 43.4 Å². The first-order valence-corrected chi connectivity index (χ1v) is 15.6. The molecule has 7 aromatic rings. The molecule has 0 aliphatic heterocycles. The van der Waals surface area contributed by atoms with E-state index in [1.807, 2.05) is 32.1 Å². The number of hydrogen-bond acceptors (Lipinski definition) is 1. The number of rotatable bonds is 6. The van der Waals surface area contributed by atoms with Gasteiger partial charge in [-0.05, 0) is 59.3 Å². The van der Waals surface area contributed by atoms with Crippen LogP contribution >= 0.6 is 0 Å². The molecule has 0 unspecified atom stereocenters. The largest absolute Gasteiger partial charge is 0.313 e. The minimum atomic E-state index is 0.960. The molecule has 220 valence electrons. The lowest BCUT2D eigenvalue weighted by atomic mass is 9.96. The van der Waals surface area contributed by atoms with Crippen molar-refractivity contribution in [2.24, 2.45) is 0 Å². The van der Waals surface area contributed by atoms with Gasteiger partial charge in [-0.2, -0.15) is 0 Å². The van der Waals surface area contributed by atoms with Crippen molar-refractivity contribution in [3.63, 3.8) is 0 Å². The smallest absolute Gasteiger partial charge is 0.0744 e. The van der Waals surface area contributed by atoms with Crippen molar-refractivity contribution < 1.29 is 0 Å². The zero-order chi connectivity index (χ0) is 31.5. The summed E-state index contributed by atoms with van der Waals surface area (Å²) in [6.45, 7) is 16.0. The summed E-state index contributed by atoms with van der Waals surface area (Å²) in [7, 11) is 0. The van der Waals surface area contributed by atoms with Crippen LogP contribution in [0.1, 0.15) is 31.9 Å². The quantitative estimate of drug-likeness (QED) is 0.141. The van der Waals surface area contributed by atoms with Crippen molar-refractivity contribution >= 4 is 66.0 Å². The van der Waals surface area contributed by atoms with Gasteiger partial charge in [0.25, 0.3) is 0 Å². The van der Waals surface area contributed by atoms with Crippen LogP contribution in [0.25, 0.3) is 77.3 Å². The first-order valence-electron chi connectivity index (χ1n) is 15.6. The Bertz CT molecular complexity index is 2340. The van der Waals surface area contributed by atoms with Gasteiger partial charge in [-0.1, -0.05) is 142 Å². The van der Waals surface area contributed by atoms with Gasteiger partial charge in [0.15, 0.2) is 0 Å². The standard InChI is InChI=1S/C41H32N2.C2H6/c1-5-7-9-14-27(3)43-38-26-31(37-25-23-30-21-20-29(15-8-6-2)28(4)40(30)42-37)22-24-36(38)39-34-18-12-10-16-32(34)33-17-11-13-19-35(33)41(39)43;1-2/h5-26H,1-2H2,3-4H3;1-2H3/b9-7-,15-8-,27-14+;. The molecule has 0 spiro atoms. The van der Waals surface area contributed by atoms with Crippen molar-refractivity contribution in [3.05, 3.63) is 152 Å². The van der Waals surface area contributed by atoms with Gasteiger partial charge in [-0.15, -0.1) is 0 Å². The number of aryl methyl sites for hydroxylation is 1. The van der Waals surface area contributed by atoms with Gasteiger partial charge in [-0.3, -0.25) is 0 Å². The normalized spacial score (nSPS) is 12.1. The molecule has 0 aliphatic rings. The number of nitrogens with zero attached hydrogens (tertiary/aromatic N) is 2. The third-order valence-electron chi connectivity index (χ3n) is 8.44. The van der Waals surface area contributed by atoms with Crippen LogP contribution in [0.5, 0.6) is 0 Å². The second kappa shape index (κ2) is 12.6. The summed E-state index contributed by atoms with van der Waals surface area (Å²) in [6, 6.07) is 32.9. The number of benzene rings is 5. The fourth-order valence-electron chi connectivity index (χ4n) is 6.41. The van der Waals surface area contributed by atoms with Gasteiger partial charge in [0.1, 0.15) is 0 Å². The van der Waals surface area contributed by atoms with Gasteiger partial charge in [0.2, 0.25) is 0 Å². The van der Waals surface area contributed by atoms with E-state index in [4.69, 9.17) is 4.98 Å². The van der Waals surface area contributed by atoms with Crippen molar-refractivity contribution in [2.75, 3.05) is 0 Å². The topological polar surface area (TPSA) is 17.8 Å². The van der Waals surface area contributed by atoms with Crippen molar-refractivity contribution in [1.29, 1.82) is 0 Å². The number of fused-ring (bicyclic) bond motifs is 9. The molecule has 7 rings (SSSR count). The van der Waals surface area contributed by atoms with Crippen molar-refractivity contribution in [3.8, 4) is 11.3 Å². The highest BCUT2D eigenvalue weighted by molar-refractivity contribution is 6.32. The van der Waals surface area contributed by atoms with Crippen LogP contribution < -0.4 is 0 Å². The zero-order valence-corrected chi connectivity index (χ0v) is 26.5. The minimum absolute atomic E-state index is 0.960. The average Bonchev–Trinajstić information content (AvgIpc) is 3.44. The van der Waals surface area contributed by atoms with Crippen LogP contribution in [-0.4, -0.2) is 9.55 Å². The van der Waals surface area contributed by atoms with E-state index >= 15 is 0 Å². The first-order chi connectivity index (χ1) is 22.1. The Morgan fingerprint density at radius 2 is 1.38 bits per heavy atom. The monoisotopic (exact) mass is 582 g/mol. The molecule has 2 nitrogen and oxygen atoms in total. The van der Waals surface area contributed by atoms with Gasteiger partial charge < -0.3 is 4.57 Å². The molecule has 0 bridgehead atoms. The van der Waals surface area contributed by atoms with Gasteiger partial charge >= 0.3 is 0 Å². The molecular formula is C43H38N2. The highest BCUT2D eigenvalue weighted by atomic mass is 15.0. The van der Waals surface area contributed by atoms with Crippen LogP contribution in [0.3, 0.4) is 0 Å². The molecule has 0 saturated carbocycles. The lowest BCUT2D eigenvalue weighted by Gasteiger charge is -2.12. The molecule has 2 heteroatoms. The maximum absolute atomic E-state index is 5.20.